The van der Waals surface area contributed by atoms with Crippen LogP contribution in [-0.4, -0.2) is 16.7 Å². The Labute approximate surface area is 115 Å². The van der Waals surface area contributed by atoms with E-state index in [1.165, 1.54) is 38.5 Å². The van der Waals surface area contributed by atoms with E-state index in [9.17, 15) is 0 Å². The topological polar surface area (TPSA) is 25.2 Å². The first-order valence-corrected chi connectivity index (χ1v) is 7.75. The van der Waals surface area contributed by atoms with Gasteiger partial charge in [0.15, 0.2) is 0 Å². The van der Waals surface area contributed by atoms with Gasteiger partial charge in [0, 0.05) is 24.5 Å². The average Bonchev–Trinajstić information content (AvgIpc) is 2.38. The van der Waals surface area contributed by atoms with Crippen molar-refractivity contribution in [2.24, 2.45) is 22.7 Å². The summed E-state index contributed by atoms with van der Waals surface area (Å²) >= 11 is 0. The van der Waals surface area contributed by atoms with Crippen LogP contribution in [0.1, 0.15) is 44.2 Å². The molecule has 1 aromatic heterocycles. The van der Waals surface area contributed by atoms with Gasteiger partial charge in [0.05, 0.1) is 5.54 Å². The summed E-state index contributed by atoms with van der Waals surface area (Å²) in [5.41, 5.74) is 1.46. The number of nitrogens with zero attached hydrogens (tertiary/aromatic N) is 2. The van der Waals surface area contributed by atoms with Crippen LogP contribution in [-0.2, 0) is 6.42 Å². The van der Waals surface area contributed by atoms with Crippen molar-refractivity contribution >= 4 is 6.21 Å². The molecule has 5 rings (SSSR count). The molecule has 0 spiro atoms. The summed E-state index contributed by atoms with van der Waals surface area (Å²) in [5, 5.41) is 0. The maximum Gasteiger partial charge on any atom is 0.0612 e. The van der Waals surface area contributed by atoms with Crippen molar-refractivity contribution in [2.75, 3.05) is 0 Å². The quantitative estimate of drug-likeness (QED) is 0.756. The molecule has 100 valence electrons. The third-order valence-corrected chi connectivity index (χ3v) is 5.40. The highest BCUT2D eigenvalue weighted by Crippen LogP contribution is 2.57. The summed E-state index contributed by atoms with van der Waals surface area (Å²) in [7, 11) is 0. The Kier molecular flexibility index (Phi) is 2.71. The minimum atomic E-state index is 0.323. The molecule has 1 heterocycles. The fourth-order valence-electron chi connectivity index (χ4n) is 5.07. The van der Waals surface area contributed by atoms with Gasteiger partial charge in [-0.15, -0.1) is 0 Å². The maximum absolute atomic E-state index is 5.05. The third kappa shape index (κ3) is 2.22. The van der Waals surface area contributed by atoms with Gasteiger partial charge < -0.3 is 0 Å². The van der Waals surface area contributed by atoms with Crippen LogP contribution in [0.5, 0.6) is 0 Å². The standard InChI is InChI=1S/C17H22N2/c1-2-5-18-16(3-1)4-6-19-17-10-13-7-14(11-17)9-15(8-13)12-17/h1-3,5-6,13-15H,4,7-12H2. The molecule has 0 saturated heterocycles. The van der Waals surface area contributed by atoms with Crippen LogP contribution in [0.2, 0.25) is 0 Å². The van der Waals surface area contributed by atoms with Crippen LogP contribution < -0.4 is 0 Å². The Morgan fingerprint density at radius 1 is 1.11 bits per heavy atom. The number of aliphatic imine (C=N–C) groups is 1. The molecule has 1 aromatic rings. The van der Waals surface area contributed by atoms with E-state index in [1.54, 1.807) is 0 Å². The zero-order valence-corrected chi connectivity index (χ0v) is 11.5. The normalized spacial score (nSPS) is 40.1. The second-order valence-corrected chi connectivity index (χ2v) is 6.98. The predicted molar refractivity (Wildman–Crippen MR) is 77.3 cm³/mol. The van der Waals surface area contributed by atoms with Crippen molar-refractivity contribution in [3.05, 3.63) is 30.1 Å². The van der Waals surface area contributed by atoms with Crippen molar-refractivity contribution in [2.45, 2.75) is 50.5 Å². The van der Waals surface area contributed by atoms with Crippen LogP contribution >= 0.6 is 0 Å². The molecule has 0 amide bonds. The first kappa shape index (κ1) is 11.6. The second-order valence-electron chi connectivity index (χ2n) is 6.98. The summed E-state index contributed by atoms with van der Waals surface area (Å²) < 4.78 is 0. The van der Waals surface area contributed by atoms with E-state index in [2.05, 4.69) is 23.3 Å². The Balaban J connectivity index is 1.47. The highest BCUT2D eigenvalue weighted by Gasteiger charge is 2.50. The van der Waals surface area contributed by atoms with E-state index < -0.39 is 0 Å². The molecule has 4 fully saturated rings. The van der Waals surface area contributed by atoms with Crippen LogP contribution in [0.25, 0.3) is 0 Å². The maximum atomic E-state index is 5.05. The minimum absolute atomic E-state index is 0.323. The molecule has 0 radical (unpaired) electrons. The zero-order chi connectivity index (χ0) is 12.7. The Hall–Kier alpha value is -1.18. The van der Waals surface area contributed by atoms with Gasteiger partial charge in [-0.3, -0.25) is 9.98 Å². The van der Waals surface area contributed by atoms with Crippen LogP contribution in [0, 0.1) is 17.8 Å². The van der Waals surface area contributed by atoms with E-state index in [1.807, 2.05) is 12.3 Å². The lowest BCUT2D eigenvalue weighted by molar-refractivity contribution is 0.00186. The molecule has 0 N–H and O–H groups in total. The molecule has 19 heavy (non-hydrogen) atoms. The highest BCUT2D eigenvalue weighted by atomic mass is 14.9. The van der Waals surface area contributed by atoms with Gasteiger partial charge in [-0.25, -0.2) is 0 Å². The highest BCUT2D eigenvalue weighted by molar-refractivity contribution is 5.61. The summed E-state index contributed by atoms with van der Waals surface area (Å²) in [5.74, 6) is 2.95. The van der Waals surface area contributed by atoms with Gasteiger partial charge in [0.1, 0.15) is 0 Å². The molecule has 4 aliphatic carbocycles. The molecule has 4 saturated carbocycles. The lowest BCUT2D eigenvalue weighted by Crippen LogP contribution is -2.49. The summed E-state index contributed by atoms with van der Waals surface area (Å²) in [6.07, 6.45) is 13.5. The van der Waals surface area contributed by atoms with Crippen LogP contribution in [0.15, 0.2) is 29.4 Å². The van der Waals surface area contributed by atoms with E-state index in [0.717, 1.165) is 29.9 Å². The fraction of sp³-hybridized carbons (Fsp3) is 0.647. The van der Waals surface area contributed by atoms with E-state index in [-0.39, 0.29) is 0 Å². The van der Waals surface area contributed by atoms with Gasteiger partial charge >= 0.3 is 0 Å². The van der Waals surface area contributed by atoms with Crippen molar-refractivity contribution in [1.82, 2.24) is 4.98 Å². The monoisotopic (exact) mass is 254 g/mol. The largest absolute Gasteiger partial charge is 0.290 e. The SMILES string of the molecule is C(Cc1ccccn1)=NC12CC3CC(CC(C3)C1)C2. The zero-order valence-electron chi connectivity index (χ0n) is 11.5. The molecular weight excluding hydrogens is 232 g/mol. The number of hydrogen-bond donors (Lipinski definition) is 0. The lowest BCUT2D eigenvalue weighted by atomic mass is 9.53. The molecule has 0 aromatic carbocycles. The van der Waals surface area contributed by atoms with Crippen molar-refractivity contribution in [1.29, 1.82) is 0 Å². The number of hydrogen-bond acceptors (Lipinski definition) is 2. The van der Waals surface area contributed by atoms with E-state index in [4.69, 9.17) is 4.99 Å². The Bertz CT molecular complexity index is 442. The minimum Gasteiger partial charge on any atom is -0.290 e. The first-order chi connectivity index (χ1) is 9.31. The number of pyridine rings is 1. The summed E-state index contributed by atoms with van der Waals surface area (Å²) in [6.45, 7) is 0. The summed E-state index contributed by atoms with van der Waals surface area (Å²) in [6, 6.07) is 6.12. The smallest absolute Gasteiger partial charge is 0.0612 e. The lowest BCUT2D eigenvalue weighted by Gasteiger charge is -2.55. The van der Waals surface area contributed by atoms with Gasteiger partial charge in [-0.2, -0.15) is 0 Å². The molecule has 2 heteroatoms. The van der Waals surface area contributed by atoms with Crippen molar-refractivity contribution in [3.8, 4) is 0 Å². The average molecular weight is 254 g/mol. The van der Waals surface area contributed by atoms with Gasteiger partial charge in [0.25, 0.3) is 0 Å². The Morgan fingerprint density at radius 2 is 1.79 bits per heavy atom. The molecule has 0 aliphatic heterocycles. The first-order valence-electron chi connectivity index (χ1n) is 7.75. The fourth-order valence-corrected chi connectivity index (χ4v) is 5.07. The second kappa shape index (κ2) is 4.43. The Morgan fingerprint density at radius 3 is 2.37 bits per heavy atom. The van der Waals surface area contributed by atoms with Gasteiger partial charge in [-0.05, 0) is 68.4 Å². The molecular formula is C17H22N2. The van der Waals surface area contributed by atoms with Crippen LogP contribution in [0.3, 0.4) is 0 Å². The third-order valence-electron chi connectivity index (χ3n) is 5.40. The van der Waals surface area contributed by atoms with Gasteiger partial charge in [0.2, 0.25) is 0 Å². The molecule has 2 nitrogen and oxygen atoms in total. The van der Waals surface area contributed by atoms with E-state index in [0.29, 0.717) is 5.54 Å². The van der Waals surface area contributed by atoms with Crippen molar-refractivity contribution < 1.29 is 0 Å². The van der Waals surface area contributed by atoms with Crippen molar-refractivity contribution in [3.63, 3.8) is 0 Å². The predicted octanol–water partition coefficient (Wildman–Crippen LogP) is 3.66. The molecule has 0 atom stereocenters. The summed E-state index contributed by atoms with van der Waals surface area (Å²) in [4.78, 5) is 9.42. The number of rotatable bonds is 3. The number of aromatic nitrogens is 1. The molecule has 4 aliphatic rings. The van der Waals surface area contributed by atoms with E-state index >= 15 is 0 Å². The molecule has 4 bridgehead atoms. The molecule has 0 unspecified atom stereocenters. The van der Waals surface area contributed by atoms with Gasteiger partial charge in [-0.1, -0.05) is 6.07 Å². The van der Waals surface area contributed by atoms with Crippen LogP contribution in [0.4, 0.5) is 0 Å².